The number of rotatable bonds is 21. The number of unbranched alkanes of at least 4 members (excludes halogenated alkanes) is 2. The van der Waals surface area contributed by atoms with Gasteiger partial charge in [-0.15, -0.1) is 0 Å². The second-order valence-corrected chi connectivity index (χ2v) is 18.4. The highest BCUT2D eigenvalue weighted by molar-refractivity contribution is 7.47. The molecule has 0 aromatic heterocycles. The number of hydrogen-bond donors (Lipinski definition) is 8. The van der Waals surface area contributed by atoms with Crippen LogP contribution >= 0.6 is 7.82 Å². The van der Waals surface area contributed by atoms with Gasteiger partial charge in [0.15, 0.2) is 6.10 Å². The van der Waals surface area contributed by atoms with Gasteiger partial charge in [-0.3, -0.25) is 23.4 Å². The average Bonchev–Trinajstić information content (AvgIpc) is 3.31. The summed E-state index contributed by atoms with van der Waals surface area (Å²) in [6.45, 7) is 2.60. The van der Waals surface area contributed by atoms with Crippen molar-refractivity contribution in [1.82, 2.24) is 0 Å². The molecule has 0 aromatic carbocycles. The summed E-state index contributed by atoms with van der Waals surface area (Å²) < 4.78 is 34.6. The van der Waals surface area contributed by atoms with Gasteiger partial charge in [0.1, 0.15) is 36.8 Å². The molecule has 1 aliphatic heterocycles. The number of carbonyl (C=O) groups excluding carboxylic acids is 3. The number of phosphoric ester groups is 1. The Labute approximate surface area is 402 Å². The number of carbonyl (C=O) groups is 3. The van der Waals surface area contributed by atoms with E-state index in [0.717, 1.165) is 51.0 Å². The van der Waals surface area contributed by atoms with Gasteiger partial charge in [0.2, 0.25) is 0 Å². The molecule has 17 heteroatoms. The van der Waals surface area contributed by atoms with Crippen LogP contribution in [0.15, 0.2) is 97.2 Å². The van der Waals surface area contributed by atoms with E-state index in [9.17, 15) is 59.6 Å². The second kappa shape index (κ2) is 35.5. The third-order valence-corrected chi connectivity index (χ3v) is 12.3. The van der Waals surface area contributed by atoms with E-state index in [-0.39, 0.29) is 32.1 Å². The summed E-state index contributed by atoms with van der Waals surface area (Å²) in [4.78, 5) is 50.1. The first-order chi connectivity index (χ1) is 32.6. The number of aliphatic hydroxyl groups is 7. The third-order valence-electron chi connectivity index (χ3n) is 11.3. The van der Waals surface area contributed by atoms with E-state index in [4.69, 9.17) is 18.5 Å². The van der Waals surface area contributed by atoms with Gasteiger partial charge in [-0.1, -0.05) is 130 Å². The fourth-order valence-corrected chi connectivity index (χ4v) is 8.29. The quantitative estimate of drug-likeness (QED) is 0.0267. The van der Waals surface area contributed by atoms with Crippen molar-refractivity contribution < 1.29 is 78.1 Å². The van der Waals surface area contributed by atoms with E-state index in [1.807, 2.05) is 25.2 Å². The van der Waals surface area contributed by atoms with Gasteiger partial charge in [-0.25, -0.2) is 4.57 Å². The highest BCUT2D eigenvalue weighted by Gasteiger charge is 2.49. The Morgan fingerprint density at radius 3 is 1.97 bits per heavy atom. The topological polar surface area (TPSA) is 267 Å². The van der Waals surface area contributed by atoms with Gasteiger partial charge in [0, 0.05) is 25.2 Å². The van der Waals surface area contributed by atoms with Crippen LogP contribution in [-0.2, 0) is 37.5 Å². The maximum Gasteiger partial charge on any atom is 0.472 e. The first-order valence-electron chi connectivity index (χ1n) is 24.1. The summed E-state index contributed by atoms with van der Waals surface area (Å²) in [7, 11) is -5.49. The predicted octanol–water partition coefficient (Wildman–Crippen LogP) is 6.42. The average molecular weight is 979 g/mol. The van der Waals surface area contributed by atoms with Gasteiger partial charge in [0.05, 0.1) is 36.9 Å². The van der Waals surface area contributed by atoms with Gasteiger partial charge < -0.3 is 50.1 Å². The molecule has 1 saturated carbocycles. The minimum Gasteiger partial charge on any atom is -0.462 e. The summed E-state index contributed by atoms with van der Waals surface area (Å²) in [5.41, 5.74) is 0. The summed E-state index contributed by atoms with van der Waals surface area (Å²) >= 11 is 0. The number of cyclic esters (lactones) is 1. The molecule has 384 valence electrons. The number of hydrogen-bond acceptors (Lipinski definition) is 15. The minimum absolute atomic E-state index is 0.0751. The summed E-state index contributed by atoms with van der Waals surface area (Å²) in [6.07, 6.45) is 19.9. The molecule has 0 saturated heterocycles. The van der Waals surface area contributed by atoms with Crippen LogP contribution in [0.3, 0.4) is 0 Å². The van der Waals surface area contributed by atoms with Crippen molar-refractivity contribution in [2.75, 3.05) is 13.2 Å². The van der Waals surface area contributed by atoms with Gasteiger partial charge in [-0.05, 0) is 70.6 Å². The molecule has 0 spiro atoms. The monoisotopic (exact) mass is 979 g/mol. The molecule has 0 aromatic rings. The Bertz CT molecular complexity index is 1740. The van der Waals surface area contributed by atoms with Crippen molar-refractivity contribution in [2.45, 2.75) is 178 Å². The molecule has 16 nitrogen and oxygen atoms in total. The van der Waals surface area contributed by atoms with Crippen LogP contribution < -0.4 is 0 Å². The lowest BCUT2D eigenvalue weighted by Crippen LogP contribution is -2.55. The number of ketones is 1. The van der Waals surface area contributed by atoms with E-state index in [1.54, 1.807) is 12.2 Å². The zero-order chi connectivity index (χ0) is 50.2. The predicted molar refractivity (Wildman–Crippen MR) is 258 cm³/mol. The molecule has 2 rings (SSSR count). The lowest BCUT2D eigenvalue weighted by molar-refractivity contribution is -0.166. The van der Waals surface area contributed by atoms with Crippen LogP contribution in [0.2, 0.25) is 0 Å². The Kier molecular flexibility index (Phi) is 31.5. The molecular weight excluding hydrogens is 900 g/mol. The number of ether oxygens (including phenoxy) is 2. The van der Waals surface area contributed by atoms with E-state index >= 15 is 0 Å². The molecule has 0 radical (unpaired) electrons. The SMILES string of the molecule is CC/C=C\C/C=C\C/C=C\C/C=C\C/C=C\C/C=C\CCC(=O)O[C@@H]1COC(=O)CCC/C=C\C[C@@H]2[C@@H](O)[C@H](O)[C@@H](O)[C@H](OP(=O)(O)OC1)[C@H](O)[C@H](O)[C@@H](/C=C/[C@@H](O)CCCCC)C(=O)C[C@@H]2O. The maximum absolute atomic E-state index is 13.7. The fourth-order valence-electron chi connectivity index (χ4n) is 7.32. The van der Waals surface area contributed by atoms with Gasteiger partial charge in [-0.2, -0.15) is 0 Å². The fraction of sp³-hybridized carbons (Fsp3) is 0.627. The van der Waals surface area contributed by atoms with Crippen molar-refractivity contribution in [3.8, 4) is 0 Å². The smallest absolute Gasteiger partial charge is 0.462 e. The number of esters is 2. The zero-order valence-electron chi connectivity index (χ0n) is 39.8. The standard InChI is InChI=1S/C51H79O16P/c1-3-5-7-8-9-10-11-12-13-14-15-16-17-18-19-20-21-22-28-32-45(56)66-39-36-64-44(55)31-27-24-23-26-30-40-42(53)35-43(54)41(34-33-38(52)29-25-6-4-2)47(58)49(60)51(50(61)48(59)46(40)57)67-68(62,63)65-37-39/h5,7,9-10,12-13,15-16,18-19,21-23,26,33-34,38-42,46-53,57-61H,3-4,6,8,11,14,17,20,24-25,27-32,35-37H2,1-2H3,(H,62,63)/b7-5-,10-9-,13-12-,16-15-,19-18-,22-21-,26-23-,34-33+/t38-,39+,40-,41-,42-,46+,47+,48-,49+,50+,51+/m0/s1. The Balaban J connectivity index is 2.18. The number of aliphatic hydroxyl groups excluding tert-OH is 7. The number of fused-ring (bicyclic) bond motifs is 4. The highest BCUT2D eigenvalue weighted by Crippen LogP contribution is 2.47. The Morgan fingerprint density at radius 2 is 1.37 bits per heavy atom. The molecule has 1 heterocycles. The molecule has 1 fully saturated rings. The van der Waals surface area contributed by atoms with Crippen molar-refractivity contribution in [3.05, 3.63) is 97.2 Å². The van der Waals surface area contributed by atoms with Crippen LogP contribution in [0.25, 0.3) is 0 Å². The molecule has 8 N–H and O–H groups in total. The second-order valence-electron chi connectivity index (χ2n) is 17.0. The molecule has 68 heavy (non-hydrogen) atoms. The first-order valence-corrected chi connectivity index (χ1v) is 25.6. The maximum atomic E-state index is 13.7. The van der Waals surface area contributed by atoms with Crippen LogP contribution in [0, 0.1) is 11.8 Å². The molecule has 2 bridgehead atoms. The van der Waals surface area contributed by atoms with E-state index in [0.29, 0.717) is 25.7 Å². The molecular formula is C51H79O16P. The van der Waals surface area contributed by atoms with Gasteiger partial charge in [0.25, 0.3) is 0 Å². The van der Waals surface area contributed by atoms with Crippen molar-refractivity contribution >= 4 is 25.5 Å². The lowest BCUT2D eigenvalue weighted by Gasteiger charge is -2.36. The first kappa shape index (κ1) is 60.5. The Hall–Kier alpha value is -3.64. The summed E-state index contributed by atoms with van der Waals surface area (Å²) in [5.74, 6) is -5.30. The van der Waals surface area contributed by atoms with Crippen molar-refractivity contribution in [1.29, 1.82) is 0 Å². The molecule has 1 unspecified atom stereocenters. The van der Waals surface area contributed by atoms with Crippen molar-refractivity contribution in [2.24, 2.45) is 11.8 Å². The van der Waals surface area contributed by atoms with Crippen molar-refractivity contribution in [3.63, 3.8) is 0 Å². The minimum atomic E-state index is -5.49. The molecule has 2 aliphatic rings. The van der Waals surface area contributed by atoms with Crippen LogP contribution in [-0.4, -0.2) is 127 Å². The molecule has 12 atom stereocenters. The van der Waals surface area contributed by atoms with Crippen LogP contribution in [0.5, 0.6) is 0 Å². The number of Topliss-reactive ketones (excluding diaryl/α,β-unsaturated/α-hetero) is 1. The van der Waals surface area contributed by atoms with Crippen LogP contribution in [0.1, 0.15) is 123 Å². The van der Waals surface area contributed by atoms with E-state index in [2.05, 4.69) is 55.5 Å². The third kappa shape index (κ3) is 25.3. The molecule has 1 aliphatic carbocycles. The van der Waals surface area contributed by atoms with Crippen LogP contribution in [0.4, 0.5) is 0 Å². The Morgan fingerprint density at radius 1 is 0.779 bits per heavy atom. The highest BCUT2D eigenvalue weighted by atomic mass is 31.2. The molecule has 0 amide bonds. The number of phosphoric acid groups is 1. The lowest BCUT2D eigenvalue weighted by atomic mass is 9.83. The van der Waals surface area contributed by atoms with E-state index < -0.39 is 112 Å². The largest absolute Gasteiger partial charge is 0.472 e. The normalized spacial score (nSPS) is 31.3. The zero-order valence-corrected chi connectivity index (χ0v) is 40.7. The number of allylic oxidation sites excluding steroid dienone is 14. The summed E-state index contributed by atoms with van der Waals surface area (Å²) in [5, 5.41) is 78.5. The van der Waals surface area contributed by atoms with Gasteiger partial charge >= 0.3 is 19.8 Å². The van der Waals surface area contributed by atoms with E-state index in [1.165, 1.54) is 12.2 Å². The summed E-state index contributed by atoms with van der Waals surface area (Å²) in [6, 6.07) is 0.